The number of anilines is 5. The first-order valence-corrected chi connectivity index (χ1v) is 17.4. The zero-order chi connectivity index (χ0) is 32.3. The summed E-state index contributed by atoms with van der Waals surface area (Å²) in [5.74, 6) is 2.48. The number of nitrogens with one attached hydrogen (secondary N) is 3. The lowest BCUT2D eigenvalue weighted by atomic mass is 9.99. The van der Waals surface area contributed by atoms with E-state index in [9.17, 15) is 0 Å². The lowest BCUT2D eigenvalue weighted by Gasteiger charge is -2.43. The Morgan fingerprint density at radius 3 is 2.45 bits per heavy atom. The van der Waals surface area contributed by atoms with E-state index in [-0.39, 0.29) is 0 Å². The Morgan fingerprint density at radius 2 is 1.72 bits per heavy atom. The van der Waals surface area contributed by atoms with E-state index in [1.54, 1.807) is 31.8 Å². The monoisotopic (exact) mass is 652 g/mol. The normalized spacial score (nSPS) is 18.0. The predicted octanol–water partition coefficient (Wildman–Crippen LogP) is 5.88. The molecule has 1 aliphatic carbocycles. The first-order chi connectivity index (χ1) is 23.0. The van der Waals surface area contributed by atoms with Crippen LogP contribution in [0.3, 0.4) is 0 Å². The van der Waals surface area contributed by atoms with Gasteiger partial charge in [-0.25, -0.2) is 4.98 Å². The van der Waals surface area contributed by atoms with Crippen molar-refractivity contribution in [2.75, 3.05) is 76.0 Å². The first kappa shape index (κ1) is 31.6. The van der Waals surface area contributed by atoms with Crippen LogP contribution in [0.2, 0.25) is 0 Å². The van der Waals surface area contributed by atoms with Crippen LogP contribution >= 0.6 is 11.9 Å². The number of nitrogens with zero attached hydrogens (tertiary/aromatic N) is 7. The summed E-state index contributed by atoms with van der Waals surface area (Å²) >= 11 is 1.48. The van der Waals surface area contributed by atoms with Crippen molar-refractivity contribution in [3.63, 3.8) is 0 Å². The summed E-state index contributed by atoms with van der Waals surface area (Å²) in [6.07, 6.45) is 11.8. The number of likely N-dealkylation sites (N-methyl/N-ethyl adjacent to an activating group) is 1. The molecule has 4 heterocycles. The molecular formula is C35H44N10OS. The van der Waals surface area contributed by atoms with Crippen LogP contribution in [-0.2, 0) is 0 Å². The molecule has 2 saturated heterocycles. The van der Waals surface area contributed by atoms with Gasteiger partial charge in [0, 0.05) is 81.2 Å². The van der Waals surface area contributed by atoms with E-state index in [2.05, 4.69) is 70.8 Å². The summed E-state index contributed by atoms with van der Waals surface area (Å²) in [6, 6.07) is 9.12. The molecule has 3 aliphatic rings. The molecule has 0 spiro atoms. The molecule has 0 atom stereocenters. The standard InChI is InChI=1S/C35H44N10OS/c1-5-23-22-39-35(42-34(23)40-28-9-8-27-32(33(28)47-36-2)38-13-12-37-27)41-29-20-26(24-6-7-24)30(21-31(29)46-4)45-14-10-25(11-15-45)44-18-16-43(3)17-19-44/h5,8-9,12-13,20-22,24-25,36H,1,6-7,10-11,14-19H2,2-4H3,(H2,39,40,41,42). The van der Waals surface area contributed by atoms with Crippen LogP contribution in [0.4, 0.5) is 28.8 Å². The number of hydrogen-bond donors (Lipinski definition) is 3. The van der Waals surface area contributed by atoms with Crippen molar-refractivity contribution in [2.45, 2.75) is 42.5 Å². The number of rotatable bonds is 11. The van der Waals surface area contributed by atoms with Gasteiger partial charge in [-0.15, -0.1) is 0 Å². The third kappa shape index (κ3) is 6.87. The van der Waals surface area contributed by atoms with E-state index in [0.29, 0.717) is 23.7 Å². The first-order valence-electron chi connectivity index (χ1n) is 16.5. The minimum Gasteiger partial charge on any atom is -0.494 e. The van der Waals surface area contributed by atoms with E-state index in [1.165, 1.54) is 75.1 Å². The highest BCUT2D eigenvalue weighted by atomic mass is 32.2. The van der Waals surface area contributed by atoms with Crippen molar-refractivity contribution in [3.05, 3.63) is 60.6 Å². The molecule has 0 radical (unpaired) electrons. The highest BCUT2D eigenvalue weighted by molar-refractivity contribution is 7.97. The lowest BCUT2D eigenvalue weighted by Crippen LogP contribution is -2.52. The summed E-state index contributed by atoms with van der Waals surface area (Å²) in [5, 5.41) is 7.00. The Balaban J connectivity index is 1.13. The summed E-state index contributed by atoms with van der Waals surface area (Å²) < 4.78 is 9.15. The van der Waals surface area contributed by atoms with E-state index >= 15 is 0 Å². The van der Waals surface area contributed by atoms with Gasteiger partial charge >= 0.3 is 0 Å². The second kappa shape index (κ2) is 14.0. The highest BCUT2D eigenvalue weighted by Gasteiger charge is 2.32. The van der Waals surface area contributed by atoms with Gasteiger partial charge in [-0.2, -0.15) is 4.98 Å². The van der Waals surface area contributed by atoms with Gasteiger partial charge in [0.05, 0.1) is 28.9 Å². The maximum Gasteiger partial charge on any atom is 0.229 e. The molecule has 2 aromatic carbocycles. The highest BCUT2D eigenvalue weighted by Crippen LogP contribution is 2.48. The van der Waals surface area contributed by atoms with Crippen molar-refractivity contribution in [3.8, 4) is 5.75 Å². The number of piperidine rings is 1. The smallest absolute Gasteiger partial charge is 0.229 e. The number of benzene rings is 2. The fourth-order valence-electron chi connectivity index (χ4n) is 6.77. The van der Waals surface area contributed by atoms with Crippen LogP contribution < -0.4 is 25.0 Å². The zero-order valence-electron chi connectivity index (χ0n) is 27.5. The second-order valence-corrected chi connectivity index (χ2v) is 13.6. The second-order valence-electron chi connectivity index (χ2n) is 12.6. The van der Waals surface area contributed by atoms with Gasteiger partial charge in [-0.05, 0) is 81.4 Å². The van der Waals surface area contributed by atoms with Gasteiger partial charge in [-0.1, -0.05) is 12.7 Å². The molecule has 0 unspecified atom stereocenters. The largest absolute Gasteiger partial charge is 0.494 e. The van der Waals surface area contributed by atoms with E-state index < -0.39 is 0 Å². The van der Waals surface area contributed by atoms with Crippen molar-refractivity contribution in [1.29, 1.82) is 0 Å². The topological polar surface area (TPSA) is 107 Å². The fraction of sp³-hybridized carbons (Fsp3) is 0.429. The van der Waals surface area contributed by atoms with E-state index in [4.69, 9.17) is 9.72 Å². The van der Waals surface area contributed by atoms with Crippen LogP contribution in [0.25, 0.3) is 17.1 Å². The minimum atomic E-state index is 0.474. The summed E-state index contributed by atoms with van der Waals surface area (Å²) in [4.78, 5) is 27.3. The number of hydrogen-bond acceptors (Lipinski definition) is 12. The Bertz CT molecular complexity index is 1730. The molecule has 4 aromatic rings. The number of aromatic nitrogens is 4. The van der Waals surface area contributed by atoms with Gasteiger partial charge in [0.1, 0.15) is 17.1 Å². The number of ether oxygens (including phenoxy) is 1. The van der Waals surface area contributed by atoms with Gasteiger partial charge in [0.2, 0.25) is 5.95 Å². The van der Waals surface area contributed by atoms with Gasteiger partial charge in [-0.3, -0.25) is 19.6 Å². The number of piperazine rings is 1. The molecule has 3 N–H and O–H groups in total. The Morgan fingerprint density at radius 1 is 0.936 bits per heavy atom. The van der Waals surface area contributed by atoms with Gasteiger partial charge in [0.15, 0.2) is 0 Å². The van der Waals surface area contributed by atoms with Crippen molar-refractivity contribution in [1.82, 2.24) is 34.5 Å². The molecule has 1 saturated carbocycles. The summed E-state index contributed by atoms with van der Waals surface area (Å²) in [6.45, 7) is 10.9. The molecule has 0 bridgehead atoms. The molecule has 47 heavy (non-hydrogen) atoms. The van der Waals surface area contributed by atoms with Crippen LogP contribution in [0.1, 0.15) is 42.7 Å². The molecule has 2 aliphatic heterocycles. The Hall–Kier alpha value is -3.97. The van der Waals surface area contributed by atoms with Crippen LogP contribution in [0, 0.1) is 0 Å². The third-order valence-electron chi connectivity index (χ3n) is 9.56. The molecule has 0 amide bonds. The van der Waals surface area contributed by atoms with Crippen molar-refractivity contribution in [2.24, 2.45) is 0 Å². The molecular weight excluding hydrogens is 609 g/mol. The summed E-state index contributed by atoms with van der Waals surface area (Å²) in [7, 11) is 5.85. The average molecular weight is 653 g/mol. The third-order valence-corrected chi connectivity index (χ3v) is 10.4. The number of fused-ring (bicyclic) bond motifs is 1. The maximum atomic E-state index is 5.97. The van der Waals surface area contributed by atoms with Crippen LogP contribution in [-0.4, -0.2) is 96.3 Å². The van der Waals surface area contributed by atoms with E-state index in [1.807, 2.05) is 19.2 Å². The van der Waals surface area contributed by atoms with Gasteiger partial charge < -0.3 is 25.2 Å². The molecule has 2 aromatic heterocycles. The molecule has 7 rings (SSSR count). The SMILES string of the molecule is C=Cc1cnc(Nc2cc(C3CC3)c(N3CCC(N4CCN(C)CC4)CC3)cc2OC)nc1Nc1ccc2nccnc2c1SNC. The van der Waals surface area contributed by atoms with Crippen LogP contribution in [0.5, 0.6) is 5.75 Å². The maximum absolute atomic E-state index is 5.97. The predicted molar refractivity (Wildman–Crippen MR) is 192 cm³/mol. The Kier molecular flexibility index (Phi) is 9.44. The number of methoxy groups -OCH3 is 1. The zero-order valence-corrected chi connectivity index (χ0v) is 28.3. The minimum absolute atomic E-state index is 0.474. The lowest BCUT2D eigenvalue weighted by molar-refractivity contribution is 0.0982. The quantitative estimate of drug-likeness (QED) is 0.169. The molecule has 12 heteroatoms. The van der Waals surface area contributed by atoms with Gasteiger partial charge in [0.25, 0.3) is 0 Å². The van der Waals surface area contributed by atoms with E-state index in [0.717, 1.165) is 51.7 Å². The van der Waals surface area contributed by atoms with Crippen molar-refractivity contribution >= 4 is 57.9 Å². The Labute approximate surface area is 281 Å². The summed E-state index contributed by atoms with van der Waals surface area (Å²) in [5.41, 5.74) is 6.85. The fourth-order valence-corrected chi connectivity index (χ4v) is 7.46. The molecule has 11 nitrogen and oxygen atoms in total. The average Bonchev–Trinajstić information content (AvgIpc) is 3.96. The van der Waals surface area contributed by atoms with Crippen LogP contribution in [0.15, 0.2) is 54.3 Å². The van der Waals surface area contributed by atoms with Crippen molar-refractivity contribution < 1.29 is 4.74 Å². The molecule has 246 valence electrons. The molecule has 3 fully saturated rings.